The van der Waals surface area contributed by atoms with Gasteiger partial charge in [-0.25, -0.2) is 9.97 Å². The number of carbonyl (C=O) groups excluding carboxylic acids is 1. The maximum absolute atomic E-state index is 12.6. The number of H-pyrrole nitrogens is 1. The molecule has 2 N–H and O–H groups in total. The highest BCUT2D eigenvalue weighted by molar-refractivity contribution is 6.04. The van der Waals surface area contributed by atoms with Crippen molar-refractivity contribution in [3.8, 4) is 11.4 Å². The molecule has 0 unspecified atom stereocenters. The number of nitrogens with zero attached hydrogens (tertiary/aromatic N) is 3. The molecule has 0 spiro atoms. The molecule has 2 heterocycles. The largest absolute Gasteiger partial charge is 0.338 e. The molecule has 0 radical (unpaired) electrons. The van der Waals surface area contributed by atoms with Crippen LogP contribution < -0.4 is 5.32 Å². The Balaban J connectivity index is 1.27. The predicted molar refractivity (Wildman–Crippen MR) is 122 cm³/mol. The Morgan fingerprint density at radius 3 is 2.58 bits per heavy atom. The third kappa shape index (κ3) is 4.09. The molecule has 1 amide bonds. The van der Waals surface area contributed by atoms with Gasteiger partial charge in [-0.05, 0) is 66.6 Å². The topological polar surface area (TPSA) is 75.6 Å². The summed E-state index contributed by atoms with van der Waals surface area (Å²) in [6.45, 7) is 2.79. The van der Waals surface area contributed by atoms with Crippen molar-refractivity contribution in [1.82, 2.24) is 19.5 Å². The molecule has 0 aliphatic carbocycles. The monoisotopic (exact) mass is 407 g/mol. The van der Waals surface area contributed by atoms with Gasteiger partial charge in [-0.2, -0.15) is 0 Å². The summed E-state index contributed by atoms with van der Waals surface area (Å²) in [5, 5.41) is 2.95. The molecular formula is C25H21N5O. The minimum absolute atomic E-state index is 0.138. The molecule has 0 bridgehead atoms. The molecular weight excluding hydrogens is 386 g/mol. The van der Waals surface area contributed by atoms with Crippen LogP contribution in [0.25, 0.3) is 22.4 Å². The molecule has 0 aliphatic rings. The Hall–Kier alpha value is -4.19. The first-order valence-electron chi connectivity index (χ1n) is 10.1. The van der Waals surface area contributed by atoms with Gasteiger partial charge in [-0.1, -0.05) is 18.2 Å². The van der Waals surface area contributed by atoms with E-state index in [2.05, 4.69) is 39.3 Å². The molecule has 6 nitrogen and oxygen atoms in total. The summed E-state index contributed by atoms with van der Waals surface area (Å²) in [6, 6.07) is 21.4. The van der Waals surface area contributed by atoms with E-state index in [0.29, 0.717) is 5.56 Å². The number of imidazole rings is 2. The number of amides is 1. The summed E-state index contributed by atoms with van der Waals surface area (Å²) < 4.78 is 1.99. The number of nitrogens with one attached hydrogen (secondary N) is 2. The first-order valence-corrected chi connectivity index (χ1v) is 10.1. The fourth-order valence-corrected chi connectivity index (χ4v) is 3.53. The first kappa shape index (κ1) is 18.8. The normalized spacial score (nSPS) is 11.0. The van der Waals surface area contributed by atoms with Crippen molar-refractivity contribution >= 4 is 22.6 Å². The molecule has 5 aromatic rings. The zero-order chi connectivity index (χ0) is 21.2. The van der Waals surface area contributed by atoms with Crippen LogP contribution in [0.2, 0.25) is 0 Å². The van der Waals surface area contributed by atoms with Crippen LogP contribution in [0.3, 0.4) is 0 Å². The van der Waals surface area contributed by atoms with Crippen molar-refractivity contribution < 1.29 is 4.79 Å². The second kappa shape index (κ2) is 7.91. The van der Waals surface area contributed by atoms with Crippen molar-refractivity contribution in [2.75, 3.05) is 5.32 Å². The molecule has 0 atom stereocenters. The summed E-state index contributed by atoms with van der Waals surface area (Å²) in [6.07, 6.45) is 5.44. The van der Waals surface area contributed by atoms with Crippen molar-refractivity contribution in [3.63, 3.8) is 0 Å². The van der Waals surface area contributed by atoms with Crippen molar-refractivity contribution in [3.05, 3.63) is 102 Å². The number of carbonyl (C=O) groups is 1. The maximum Gasteiger partial charge on any atom is 0.255 e. The molecule has 3 aromatic carbocycles. The predicted octanol–water partition coefficient (Wildman–Crippen LogP) is 5.04. The summed E-state index contributed by atoms with van der Waals surface area (Å²) in [5.41, 5.74) is 6.58. The van der Waals surface area contributed by atoms with Gasteiger partial charge in [0.05, 0.1) is 17.4 Å². The highest BCUT2D eigenvalue weighted by Gasteiger charge is 2.09. The minimum Gasteiger partial charge on any atom is -0.338 e. The number of hydrogen-bond acceptors (Lipinski definition) is 3. The molecule has 31 heavy (non-hydrogen) atoms. The van der Waals surface area contributed by atoms with Crippen molar-refractivity contribution in [2.45, 2.75) is 13.5 Å². The van der Waals surface area contributed by atoms with Crippen LogP contribution >= 0.6 is 0 Å². The van der Waals surface area contributed by atoms with Gasteiger partial charge in [0.25, 0.3) is 5.91 Å². The molecule has 0 fully saturated rings. The summed E-state index contributed by atoms with van der Waals surface area (Å²) in [4.78, 5) is 24.6. The van der Waals surface area contributed by atoms with E-state index in [1.807, 2.05) is 65.4 Å². The number of rotatable bonds is 5. The number of fused-ring (bicyclic) bond motifs is 1. The number of anilines is 1. The lowest BCUT2D eigenvalue weighted by molar-refractivity contribution is 0.102. The number of aromatic nitrogens is 4. The second-order valence-corrected chi connectivity index (χ2v) is 7.57. The van der Waals surface area contributed by atoms with Crippen LogP contribution in [0.4, 0.5) is 5.69 Å². The van der Waals surface area contributed by atoms with Gasteiger partial charge < -0.3 is 14.9 Å². The smallest absolute Gasteiger partial charge is 0.255 e. The fraction of sp³-hybridized carbons (Fsp3) is 0.0800. The van der Waals surface area contributed by atoms with Crippen molar-refractivity contribution in [1.29, 1.82) is 0 Å². The number of hydrogen-bond donors (Lipinski definition) is 2. The molecule has 152 valence electrons. The van der Waals surface area contributed by atoms with Gasteiger partial charge >= 0.3 is 0 Å². The molecule has 2 aromatic heterocycles. The van der Waals surface area contributed by atoms with E-state index in [1.165, 1.54) is 5.56 Å². The number of aromatic amines is 1. The molecule has 0 saturated heterocycles. The summed E-state index contributed by atoms with van der Waals surface area (Å²) >= 11 is 0. The third-order valence-corrected chi connectivity index (χ3v) is 5.19. The van der Waals surface area contributed by atoms with Crippen LogP contribution in [0.5, 0.6) is 0 Å². The lowest BCUT2D eigenvalue weighted by atomic mass is 10.1. The quantitative estimate of drug-likeness (QED) is 0.429. The van der Waals surface area contributed by atoms with E-state index in [-0.39, 0.29) is 5.91 Å². The van der Waals surface area contributed by atoms with Gasteiger partial charge in [-0.3, -0.25) is 4.79 Å². The Bertz CT molecular complexity index is 1330. The van der Waals surface area contributed by atoms with E-state index in [4.69, 9.17) is 0 Å². The average Bonchev–Trinajstić information content (AvgIpc) is 3.44. The Labute approximate surface area is 179 Å². The Morgan fingerprint density at radius 1 is 1.03 bits per heavy atom. The highest BCUT2D eigenvalue weighted by atomic mass is 16.1. The Morgan fingerprint density at radius 2 is 1.84 bits per heavy atom. The van der Waals surface area contributed by atoms with Crippen LogP contribution in [0.1, 0.15) is 21.5 Å². The van der Waals surface area contributed by atoms with Gasteiger partial charge in [0.2, 0.25) is 0 Å². The highest BCUT2D eigenvalue weighted by Crippen LogP contribution is 2.23. The molecule has 5 rings (SSSR count). The first-order chi connectivity index (χ1) is 15.1. The van der Waals surface area contributed by atoms with Crippen LogP contribution in [0.15, 0.2) is 85.5 Å². The molecule has 0 aliphatic heterocycles. The maximum atomic E-state index is 12.6. The van der Waals surface area contributed by atoms with E-state index < -0.39 is 0 Å². The summed E-state index contributed by atoms with van der Waals surface area (Å²) in [7, 11) is 0. The van der Waals surface area contributed by atoms with Crippen LogP contribution in [-0.4, -0.2) is 25.4 Å². The number of benzene rings is 3. The van der Waals surface area contributed by atoms with Gasteiger partial charge in [-0.15, -0.1) is 0 Å². The second-order valence-electron chi connectivity index (χ2n) is 7.57. The van der Waals surface area contributed by atoms with Gasteiger partial charge in [0, 0.05) is 35.8 Å². The van der Waals surface area contributed by atoms with Crippen molar-refractivity contribution in [2.24, 2.45) is 0 Å². The average molecular weight is 407 g/mol. The van der Waals surface area contributed by atoms with Gasteiger partial charge in [0.15, 0.2) is 0 Å². The van der Waals surface area contributed by atoms with E-state index >= 15 is 0 Å². The lowest BCUT2D eigenvalue weighted by Gasteiger charge is -2.07. The van der Waals surface area contributed by atoms with E-state index in [1.54, 1.807) is 12.5 Å². The zero-order valence-corrected chi connectivity index (χ0v) is 17.0. The summed E-state index contributed by atoms with van der Waals surface area (Å²) in [5.74, 6) is 0.674. The minimum atomic E-state index is -0.138. The SMILES string of the molecule is Cc1ccc2nc(-c3ccc(NC(=O)c4ccc(Cn5ccnc5)cc4)cc3)[nH]c2c1. The number of aryl methyl sites for hydroxylation is 1. The fourth-order valence-electron chi connectivity index (χ4n) is 3.53. The standard InChI is InChI=1S/C25H21N5O/c1-17-2-11-22-23(14-17)29-24(28-22)19-7-9-21(10-8-19)27-25(31)20-5-3-18(4-6-20)15-30-13-12-26-16-30/h2-14,16H,15H2,1H3,(H,27,31)(H,28,29). The zero-order valence-electron chi connectivity index (χ0n) is 17.0. The lowest BCUT2D eigenvalue weighted by Crippen LogP contribution is -2.11. The van der Waals surface area contributed by atoms with E-state index in [9.17, 15) is 4.79 Å². The molecule has 0 saturated carbocycles. The third-order valence-electron chi connectivity index (χ3n) is 5.19. The van der Waals surface area contributed by atoms with Crippen LogP contribution in [0, 0.1) is 6.92 Å². The molecule has 6 heteroatoms. The van der Waals surface area contributed by atoms with Gasteiger partial charge in [0.1, 0.15) is 5.82 Å². The Kier molecular flexibility index (Phi) is 4.80. The van der Waals surface area contributed by atoms with Crippen LogP contribution in [-0.2, 0) is 6.54 Å². The van der Waals surface area contributed by atoms with E-state index in [0.717, 1.165) is 40.2 Å².